The van der Waals surface area contributed by atoms with E-state index in [9.17, 15) is 0 Å². The highest BCUT2D eigenvalue weighted by Crippen LogP contribution is 2.25. The third-order valence-corrected chi connectivity index (χ3v) is 3.13. The third-order valence-electron chi connectivity index (χ3n) is 3.13. The lowest BCUT2D eigenvalue weighted by Crippen LogP contribution is -2.27. The number of rotatable bonds is 2. The van der Waals surface area contributed by atoms with Crippen molar-refractivity contribution in [3.63, 3.8) is 0 Å². The number of hydrogen-bond acceptors (Lipinski definition) is 2. The lowest BCUT2D eigenvalue weighted by Gasteiger charge is -2.23. The van der Waals surface area contributed by atoms with Gasteiger partial charge in [-0.15, -0.1) is 0 Å². The minimum Gasteiger partial charge on any atom is -0.310 e. The van der Waals surface area contributed by atoms with Crippen LogP contribution in [0.25, 0.3) is 0 Å². The molecule has 1 aliphatic rings. The molecular weight excluding hydrogens is 174 g/mol. The third kappa shape index (κ3) is 1.69. The van der Waals surface area contributed by atoms with Gasteiger partial charge in [-0.2, -0.15) is 5.10 Å². The Kier molecular flexibility index (Phi) is 2.87. The van der Waals surface area contributed by atoms with E-state index in [4.69, 9.17) is 0 Å². The van der Waals surface area contributed by atoms with Gasteiger partial charge < -0.3 is 5.32 Å². The van der Waals surface area contributed by atoms with Crippen LogP contribution in [0.5, 0.6) is 0 Å². The molecule has 0 aliphatic carbocycles. The van der Waals surface area contributed by atoms with Crippen molar-refractivity contribution in [2.75, 3.05) is 6.54 Å². The molecule has 1 aromatic rings. The van der Waals surface area contributed by atoms with E-state index in [1.54, 1.807) is 0 Å². The maximum atomic E-state index is 4.39. The van der Waals surface area contributed by atoms with E-state index >= 15 is 0 Å². The molecule has 78 valence electrons. The summed E-state index contributed by atoms with van der Waals surface area (Å²) in [5.74, 6) is 0. The Balaban J connectivity index is 2.18. The minimum atomic E-state index is 0.545. The first-order valence-electron chi connectivity index (χ1n) is 5.58. The second-order valence-corrected chi connectivity index (χ2v) is 4.00. The fraction of sp³-hybridized carbons (Fsp3) is 0.727. The lowest BCUT2D eigenvalue weighted by atomic mass is 9.98. The summed E-state index contributed by atoms with van der Waals surface area (Å²) in [5, 5.41) is 7.95. The van der Waals surface area contributed by atoms with E-state index in [0.717, 1.165) is 13.1 Å². The van der Waals surface area contributed by atoms with Crippen molar-refractivity contribution in [1.29, 1.82) is 0 Å². The molecule has 1 unspecified atom stereocenters. The second kappa shape index (κ2) is 4.13. The van der Waals surface area contributed by atoms with Crippen molar-refractivity contribution in [2.24, 2.45) is 0 Å². The predicted octanol–water partition coefficient (Wildman–Crippen LogP) is 2.03. The molecule has 0 aromatic carbocycles. The number of piperidine rings is 1. The average molecular weight is 193 g/mol. The van der Waals surface area contributed by atoms with Crippen LogP contribution in [0.2, 0.25) is 0 Å². The molecule has 2 heterocycles. The van der Waals surface area contributed by atoms with Crippen LogP contribution in [0, 0.1) is 6.92 Å². The first-order valence-corrected chi connectivity index (χ1v) is 5.58. The van der Waals surface area contributed by atoms with Crippen molar-refractivity contribution in [2.45, 2.75) is 45.7 Å². The van der Waals surface area contributed by atoms with Gasteiger partial charge in [0.15, 0.2) is 0 Å². The molecule has 3 heteroatoms. The molecule has 0 spiro atoms. The quantitative estimate of drug-likeness (QED) is 0.778. The van der Waals surface area contributed by atoms with E-state index in [0.29, 0.717) is 6.04 Å². The number of aromatic nitrogens is 2. The van der Waals surface area contributed by atoms with Gasteiger partial charge in [-0.25, -0.2) is 0 Å². The normalized spacial score (nSPS) is 22.6. The molecule has 0 amide bonds. The average Bonchev–Trinajstić information content (AvgIpc) is 2.61. The summed E-state index contributed by atoms with van der Waals surface area (Å²) in [7, 11) is 0. The van der Waals surface area contributed by atoms with E-state index in [2.05, 4.69) is 28.9 Å². The zero-order valence-electron chi connectivity index (χ0n) is 9.08. The fourth-order valence-corrected chi connectivity index (χ4v) is 2.24. The number of hydrogen-bond donors (Lipinski definition) is 1. The Morgan fingerprint density at radius 2 is 2.43 bits per heavy atom. The lowest BCUT2D eigenvalue weighted by molar-refractivity contribution is 0.410. The monoisotopic (exact) mass is 193 g/mol. The molecule has 14 heavy (non-hydrogen) atoms. The van der Waals surface area contributed by atoms with Gasteiger partial charge in [-0.1, -0.05) is 6.42 Å². The summed E-state index contributed by atoms with van der Waals surface area (Å²) in [6, 6.07) is 0.545. The minimum absolute atomic E-state index is 0.545. The molecule has 1 fully saturated rings. The number of nitrogens with one attached hydrogen (secondary N) is 1. The molecule has 0 bridgehead atoms. The highest BCUT2D eigenvalue weighted by molar-refractivity contribution is 5.21. The summed E-state index contributed by atoms with van der Waals surface area (Å²) in [5.41, 5.74) is 2.72. The van der Waals surface area contributed by atoms with Crippen molar-refractivity contribution in [3.8, 4) is 0 Å². The van der Waals surface area contributed by atoms with Gasteiger partial charge in [0, 0.05) is 23.8 Å². The molecule has 1 aromatic heterocycles. The van der Waals surface area contributed by atoms with Crippen LogP contribution < -0.4 is 5.32 Å². The summed E-state index contributed by atoms with van der Waals surface area (Å²) in [4.78, 5) is 0. The summed E-state index contributed by atoms with van der Waals surface area (Å²) >= 11 is 0. The van der Waals surface area contributed by atoms with Gasteiger partial charge in [0.05, 0.1) is 6.20 Å². The molecule has 1 aliphatic heterocycles. The molecule has 2 rings (SSSR count). The Morgan fingerprint density at radius 3 is 3.00 bits per heavy atom. The van der Waals surface area contributed by atoms with E-state index in [-0.39, 0.29) is 0 Å². The van der Waals surface area contributed by atoms with Crippen molar-refractivity contribution < 1.29 is 0 Å². The van der Waals surface area contributed by atoms with Crippen molar-refractivity contribution in [3.05, 3.63) is 17.5 Å². The van der Waals surface area contributed by atoms with Crippen LogP contribution in [-0.2, 0) is 6.54 Å². The SMILES string of the molecule is CCn1ncc(C2CCCCN2)c1C. The highest BCUT2D eigenvalue weighted by Gasteiger charge is 2.18. The van der Waals surface area contributed by atoms with E-state index in [1.165, 1.54) is 30.5 Å². The fourth-order valence-electron chi connectivity index (χ4n) is 2.24. The van der Waals surface area contributed by atoms with Crippen molar-refractivity contribution >= 4 is 0 Å². The molecule has 3 nitrogen and oxygen atoms in total. The zero-order valence-corrected chi connectivity index (χ0v) is 9.08. The maximum absolute atomic E-state index is 4.39. The largest absolute Gasteiger partial charge is 0.310 e. The van der Waals surface area contributed by atoms with Gasteiger partial charge in [0.1, 0.15) is 0 Å². The maximum Gasteiger partial charge on any atom is 0.0540 e. The van der Waals surface area contributed by atoms with Gasteiger partial charge in [0.25, 0.3) is 0 Å². The van der Waals surface area contributed by atoms with Crippen LogP contribution in [0.1, 0.15) is 43.5 Å². The molecule has 0 saturated carbocycles. The molecule has 0 radical (unpaired) electrons. The van der Waals surface area contributed by atoms with Crippen LogP contribution in [0.3, 0.4) is 0 Å². The van der Waals surface area contributed by atoms with Gasteiger partial charge in [0.2, 0.25) is 0 Å². The first-order chi connectivity index (χ1) is 6.83. The summed E-state index contributed by atoms with van der Waals surface area (Å²) in [6.45, 7) is 6.43. The Labute approximate surface area is 85.5 Å². The molecule has 1 atom stereocenters. The Hall–Kier alpha value is -0.830. The standard InChI is InChI=1S/C11H19N3/c1-3-14-9(2)10(8-13-14)11-6-4-5-7-12-11/h8,11-12H,3-7H2,1-2H3. The predicted molar refractivity (Wildman–Crippen MR) is 57.2 cm³/mol. The Morgan fingerprint density at radius 1 is 1.57 bits per heavy atom. The van der Waals surface area contributed by atoms with E-state index < -0.39 is 0 Å². The van der Waals surface area contributed by atoms with Crippen LogP contribution in [0.15, 0.2) is 6.20 Å². The van der Waals surface area contributed by atoms with Crippen LogP contribution in [0.4, 0.5) is 0 Å². The zero-order chi connectivity index (χ0) is 9.97. The Bertz CT molecular complexity index is 297. The van der Waals surface area contributed by atoms with E-state index in [1.807, 2.05) is 6.20 Å². The second-order valence-electron chi connectivity index (χ2n) is 4.00. The molecule has 1 N–H and O–H groups in total. The first kappa shape index (κ1) is 9.71. The molecule has 1 saturated heterocycles. The van der Waals surface area contributed by atoms with Gasteiger partial charge in [-0.3, -0.25) is 4.68 Å². The number of aryl methyl sites for hydroxylation is 1. The topological polar surface area (TPSA) is 29.9 Å². The summed E-state index contributed by atoms with van der Waals surface area (Å²) in [6.07, 6.45) is 5.95. The van der Waals surface area contributed by atoms with Crippen molar-refractivity contribution in [1.82, 2.24) is 15.1 Å². The van der Waals surface area contributed by atoms with Crippen LogP contribution in [-0.4, -0.2) is 16.3 Å². The smallest absolute Gasteiger partial charge is 0.0540 e. The van der Waals surface area contributed by atoms with Crippen LogP contribution >= 0.6 is 0 Å². The molecular formula is C11H19N3. The highest BCUT2D eigenvalue weighted by atomic mass is 15.3. The number of nitrogens with zero attached hydrogens (tertiary/aromatic N) is 2. The van der Waals surface area contributed by atoms with Gasteiger partial charge in [-0.05, 0) is 33.2 Å². The van der Waals surface area contributed by atoms with Gasteiger partial charge >= 0.3 is 0 Å². The summed E-state index contributed by atoms with van der Waals surface area (Å²) < 4.78 is 2.08.